The Morgan fingerprint density at radius 1 is 1.33 bits per heavy atom. The molecule has 3 heterocycles. The molecule has 0 saturated carbocycles. The first-order valence-corrected chi connectivity index (χ1v) is 11.7. The molecular formula is C22H30N4O3S. The molecule has 0 radical (unpaired) electrons. The van der Waals surface area contributed by atoms with Gasteiger partial charge in [-0.15, -0.1) is 11.3 Å². The second kappa shape index (κ2) is 9.31. The molecule has 1 aliphatic carbocycles. The first kappa shape index (κ1) is 21.1. The Hall–Kier alpha value is -2.19. The summed E-state index contributed by atoms with van der Waals surface area (Å²) in [5, 5.41) is 7.60. The minimum atomic E-state index is -0.0376. The Morgan fingerprint density at radius 2 is 2.13 bits per heavy atom. The molecule has 0 bridgehead atoms. The number of ether oxygens (including phenoxy) is 1. The molecule has 1 N–H and O–H groups in total. The van der Waals surface area contributed by atoms with Crippen LogP contribution in [0.25, 0.3) is 0 Å². The Kier molecular flexibility index (Phi) is 6.53. The van der Waals surface area contributed by atoms with Crippen molar-refractivity contribution in [2.75, 3.05) is 26.3 Å². The van der Waals surface area contributed by atoms with Crippen LogP contribution >= 0.6 is 11.3 Å². The van der Waals surface area contributed by atoms with Gasteiger partial charge < -0.3 is 15.0 Å². The zero-order chi connectivity index (χ0) is 21.1. The average molecular weight is 431 g/mol. The number of aryl methyl sites for hydroxylation is 3. The van der Waals surface area contributed by atoms with Crippen molar-refractivity contribution in [3.8, 4) is 0 Å². The highest BCUT2D eigenvalue weighted by Crippen LogP contribution is 2.33. The van der Waals surface area contributed by atoms with Crippen LogP contribution in [0.5, 0.6) is 0 Å². The second-order valence-electron chi connectivity index (χ2n) is 8.12. The van der Waals surface area contributed by atoms with Gasteiger partial charge >= 0.3 is 0 Å². The van der Waals surface area contributed by atoms with Gasteiger partial charge in [-0.1, -0.05) is 6.92 Å². The number of amides is 2. The van der Waals surface area contributed by atoms with Crippen LogP contribution < -0.4 is 5.32 Å². The first-order chi connectivity index (χ1) is 14.5. The number of thiophene rings is 1. The lowest BCUT2D eigenvalue weighted by molar-refractivity contribution is -0.125. The summed E-state index contributed by atoms with van der Waals surface area (Å²) in [5.74, 6) is 0.151. The molecule has 2 aromatic heterocycles. The average Bonchev–Trinajstić information content (AvgIpc) is 3.34. The van der Waals surface area contributed by atoms with E-state index in [1.54, 1.807) is 11.3 Å². The van der Waals surface area contributed by atoms with Crippen LogP contribution in [0.4, 0.5) is 0 Å². The van der Waals surface area contributed by atoms with Crippen molar-refractivity contribution in [3.05, 3.63) is 38.8 Å². The summed E-state index contributed by atoms with van der Waals surface area (Å²) >= 11 is 1.60. The summed E-state index contributed by atoms with van der Waals surface area (Å²) in [6.45, 7) is 8.04. The number of nitrogens with one attached hydrogen (secondary N) is 1. The number of nitrogens with zero attached hydrogens (tertiary/aromatic N) is 3. The third-order valence-electron chi connectivity index (χ3n) is 5.92. The molecule has 8 heteroatoms. The largest absolute Gasteiger partial charge is 0.378 e. The molecule has 1 unspecified atom stereocenters. The van der Waals surface area contributed by atoms with Crippen molar-refractivity contribution in [3.63, 3.8) is 0 Å². The maximum atomic E-state index is 12.8. The van der Waals surface area contributed by atoms with Gasteiger partial charge in [0, 0.05) is 48.7 Å². The lowest BCUT2D eigenvalue weighted by Gasteiger charge is -2.26. The second-order valence-corrected chi connectivity index (χ2v) is 9.26. The van der Waals surface area contributed by atoms with Crippen LogP contribution in [0.15, 0.2) is 12.3 Å². The van der Waals surface area contributed by atoms with E-state index in [1.165, 1.54) is 4.88 Å². The van der Waals surface area contributed by atoms with E-state index in [0.717, 1.165) is 47.5 Å². The van der Waals surface area contributed by atoms with E-state index in [4.69, 9.17) is 4.74 Å². The number of aromatic nitrogens is 2. The number of morpholine rings is 1. The summed E-state index contributed by atoms with van der Waals surface area (Å²) in [4.78, 5) is 29.5. The molecule has 162 valence electrons. The van der Waals surface area contributed by atoms with Crippen LogP contribution in [0.2, 0.25) is 0 Å². The van der Waals surface area contributed by atoms with E-state index in [1.807, 2.05) is 28.8 Å². The predicted octanol–water partition coefficient (Wildman–Crippen LogP) is 2.56. The molecule has 2 aromatic rings. The summed E-state index contributed by atoms with van der Waals surface area (Å²) < 4.78 is 7.29. The summed E-state index contributed by atoms with van der Waals surface area (Å²) in [5.41, 5.74) is 3.20. The smallest absolute Gasteiger partial charge is 0.264 e. The highest BCUT2D eigenvalue weighted by Gasteiger charge is 2.29. The third kappa shape index (κ3) is 4.59. The van der Waals surface area contributed by atoms with E-state index in [2.05, 4.69) is 17.3 Å². The number of carbonyl (C=O) groups is 2. The molecule has 30 heavy (non-hydrogen) atoms. The molecule has 1 fully saturated rings. The highest BCUT2D eigenvalue weighted by atomic mass is 32.1. The quantitative estimate of drug-likeness (QED) is 0.764. The van der Waals surface area contributed by atoms with Gasteiger partial charge in [-0.25, -0.2) is 0 Å². The normalized spacial score (nSPS) is 18.9. The Morgan fingerprint density at radius 3 is 2.90 bits per heavy atom. The number of hydrogen-bond acceptors (Lipinski definition) is 5. The van der Waals surface area contributed by atoms with E-state index in [-0.39, 0.29) is 17.7 Å². The lowest BCUT2D eigenvalue weighted by atomic mass is 9.87. The zero-order valence-electron chi connectivity index (χ0n) is 17.8. The monoisotopic (exact) mass is 430 g/mol. The highest BCUT2D eigenvalue weighted by molar-refractivity contribution is 7.14. The minimum absolute atomic E-state index is 0.0376. The van der Waals surface area contributed by atoms with Gasteiger partial charge in [0.15, 0.2) is 0 Å². The molecule has 0 aromatic carbocycles. The van der Waals surface area contributed by atoms with Gasteiger partial charge in [-0.2, -0.15) is 5.10 Å². The van der Waals surface area contributed by atoms with Crippen molar-refractivity contribution in [1.29, 1.82) is 0 Å². The molecule has 4 rings (SSSR count). The fourth-order valence-corrected chi connectivity index (χ4v) is 5.35. The van der Waals surface area contributed by atoms with Gasteiger partial charge in [0.2, 0.25) is 5.91 Å². The molecular weight excluding hydrogens is 400 g/mol. The predicted molar refractivity (Wildman–Crippen MR) is 116 cm³/mol. The number of rotatable bonds is 6. The lowest BCUT2D eigenvalue weighted by Crippen LogP contribution is -2.40. The van der Waals surface area contributed by atoms with Gasteiger partial charge in [0.25, 0.3) is 5.91 Å². The molecule has 1 saturated heterocycles. The molecule has 1 atom stereocenters. The van der Waals surface area contributed by atoms with Crippen LogP contribution in [-0.4, -0.2) is 52.8 Å². The van der Waals surface area contributed by atoms with Crippen LogP contribution in [0.1, 0.15) is 51.1 Å². The summed E-state index contributed by atoms with van der Waals surface area (Å²) in [6.07, 6.45) is 5.47. The standard InChI is InChI=1S/C22H30N4O3S/c1-3-6-26-14-18(15(2)24-26)13-23-21(27)16-4-5-19-17(11-16)12-20(30-19)22(28)25-7-9-29-10-8-25/h12,14,16H,3-11,13H2,1-2H3,(H,23,27). The topological polar surface area (TPSA) is 76.5 Å². The fourth-order valence-electron chi connectivity index (χ4n) is 4.18. The van der Waals surface area contributed by atoms with E-state index < -0.39 is 0 Å². The van der Waals surface area contributed by atoms with Crippen molar-refractivity contribution in [2.24, 2.45) is 5.92 Å². The van der Waals surface area contributed by atoms with Gasteiger partial charge in [0.1, 0.15) is 0 Å². The third-order valence-corrected chi connectivity index (χ3v) is 7.14. The number of fused-ring (bicyclic) bond motifs is 1. The van der Waals surface area contributed by atoms with Crippen LogP contribution in [-0.2, 0) is 35.5 Å². The zero-order valence-corrected chi connectivity index (χ0v) is 18.6. The summed E-state index contributed by atoms with van der Waals surface area (Å²) in [6, 6.07) is 2.01. The summed E-state index contributed by atoms with van der Waals surface area (Å²) in [7, 11) is 0. The van der Waals surface area contributed by atoms with Crippen LogP contribution in [0, 0.1) is 12.8 Å². The Balaban J connectivity index is 1.35. The molecule has 2 aliphatic rings. The van der Waals surface area contributed by atoms with E-state index >= 15 is 0 Å². The number of hydrogen-bond donors (Lipinski definition) is 1. The van der Waals surface area contributed by atoms with Gasteiger partial charge in [-0.3, -0.25) is 14.3 Å². The molecule has 7 nitrogen and oxygen atoms in total. The van der Waals surface area contributed by atoms with Crippen molar-refractivity contribution in [2.45, 2.75) is 52.6 Å². The number of carbonyl (C=O) groups excluding carboxylic acids is 2. The Labute approximate surface area is 181 Å². The van der Waals surface area contributed by atoms with E-state index in [0.29, 0.717) is 39.3 Å². The van der Waals surface area contributed by atoms with Gasteiger partial charge in [0.05, 0.1) is 23.8 Å². The van der Waals surface area contributed by atoms with Crippen LogP contribution in [0.3, 0.4) is 0 Å². The SMILES string of the molecule is CCCn1cc(CNC(=O)C2CCc3sc(C(=O)N4CCOCC4)cc3C2)c(C)n1. The van der Waals surface area contributed by atoms with Crippen molar-refractivity contribution < 1.29 is 14.3 Å². The van der Waals surface area contributed by atoms with Crippen molar-refractivity contribution in [1.82, 2.24) is 20.0 Å². The minimum Gasteiger partial charge on any atom is -0.378 e. The van der Waals surface area contributed by atoms with Crippen molar-refractivity contribution >= 4 is 23.2 Å². The maximum absolute atomic E-state index is 12.8. The molecule has 0 spiro atoms. The molecule has 2 amide bonds. The van der Waals surface area contributed by atoms with E-state index in [9.17, 15) is 9.59 Å². The Bertz CT molecular complexity index is 914. The molecule has 1 aliphatic heterocycles. The van der Waals surface area contributed by atoms with Gasteiger partial charge in [-0.05, 0) is 44.2 Å². The first-order valence-electron chi connectivity index (χ1n) is 10.8. The maximum Gasteiger partial charge on any atom is 0.264 e. The fraction of sp³-hybridized carbons (Fsp3) is 0.591.